The number of hydrogen-bond acceptors (Lipinski definition) is 3. The van der Waals surface area contributed by atoms with Crippen LogP contribution < -0.4 is 0 Å². The normalized spacial score (nSPS) is 16.7. The number of aryl methyl sites for hydroxylation is 1. The van der Waals surface area contributed by atoms with Gasteiger partial charge in [-0.25, -0.2) is 4.68 Å². The van der Waals surface area contributed by atoms with Crippen molar-refractivity contribution < 1.29 is 0 Å². The number of nitrogens with zero attached hydrogens (tertiary/aromatic N) is 4. The molecule has 1 aromatic carbocycles. The summed E-state index contributed by atoms with van der Waals surface area (Å²) < 4.78 is 1.91. The lowest BCUT2D eigenvalue weighted by atomic mass is 9.95. The van der Waals surface area contributed by atoms with E-state index in [2.05, 4.69) is 54.0 Å². The van der Waals surface area contributed by atoms with Crippen LogP contribution in [0.3, 0.4) is 0 Å². The summed E-state index contributed by atoms with van der Waals surface area (Å²) in [5.74, 6) is 0. The van der Waals surface area contributed by atoms with Crippen LogP contribution >= 0.6 is 0 Å². The Morgan fingerprint density at radius 3 is 2.62 bits per heavy atom. The standard InChI is InChI=1S/C20H22N4/c1-6-16-18(7-2)23(14(4)5)13-15-11-9-10-12-17(15)19-20(16)24(8-3)22-21-19/h6-7,9-12H,1-2,4,8,13H2,3,5H3/b18-16-. The molecular formula is C20H22N4. The second kappa shape index (κ2) is 6.32. The zero-order chi connectivity index (χ0) is 17.3. The Morgan fingerprint density at radius 2 is 2.00 bits per heavy atom. The van der Waals surface area contributed by atoms with Gasteiger partial charge in [0.2, 0.25) is 0 Å². The van der Waals surface area contributed by atoms with Crippen LogP contribution in [0.25, 0.3) is 16.8 Å². The molecule has 0 N–H and O–H groups in total. The average molecular weight is 318 g/mol. The first kappa shape index (κ1) is 16.0. The number of rotatable bonds is 4. The molecule has 1 aliphatic rings. The summed E-state index contributed by atoms with van der Waals surface area (Å²) in [7, 11) is 0. The molecule has 3 rings (SSSR count). The molecule has 0 amide bonds. The Kier molecular flexibility index (Phi) is 4.21. The van der Waals surface area contributed by atoms with Crippen LogP contribution in [0, 0.1) is 0 Å². The summed E-state index contributed by atoms with van der Waals surface area (Å²) >= 11 is 0. The molecule has 0 bridgehead atoms. The molecule has 0 aliphatic carbocycles. The first-order chi connectivity index (χ1) is 11.6. The molecule has 1 aliphatic heterocycles. The van der Waals surface area contributed by atoms with Crippen molar-refractivity contribution in [3.8, 4) is 11.3 Å². The quantitative estimate of drug-likeness (QED) is 0.838. The number of benzene rings is 1. The number of fused-ring (bicyclic) bond motifs is 3. The molecule has 0 atom stereocenters. The summed E-state index contributed by atoms with van der Waals surface area (Å²) in [4.78, 5) is 2.17. The fraction of sp³-hybridized carbons (Fsp3) is 0.200. The van der Waals surface area contributed by atoms with E-state index in [4.69, 9.17) is 0 Å². The van der Waals surface area contributed by atoms with E-state index < -0.39 is 0 Å². The fourth-order valence-corrected chi connectivity index (χ4v) is 3.16. The van der Waals surface area contributed by atoms with E-state index in [1.54, 1.807) is 0 Å². The maximum Gasteiger partial charge on any atom is 0.121 e. The zero-order valence-electron chi connectivity index (χ0n) is 14.3. The van der Waals surface area contributed by atoms with Crippen LogP contribution in [0.4, 0.5) is 0 Å². The Balaban J connectivity index is 2.43. The van der Waals surface area contributed by atoms with Crippen molar-refractivity contribution in [1.82, 2.24) is 19.9 Å². The number of hydrogen-bond donors (Lipinski definition) is 0. The summed E-state index contributed by atoms with van der Waals surface area (Å²) in [5.41, 5.74) is 7.06. The smallest absolute Gasteiger partial charge is 0.121 e. The van der Waals surface area contributed by atoms with Gasteiger partial charge in [0.25, 0.3) is 0 Å². The van der Waals surface area contributed by atoms with Gasteiger partial charge in [-0.1, -0.05) is 55.3 Å². The Hall–Kier alpha value is -2.88. The summed E-state index contributed by atoms with van der Waals surface area (Å²) in [6.45, 7) is 17.7. The van der Waals surface area contributed by atoms with Crippen molar-refractivity contribution in [3.05, 3.63) is 78.8 Å². The van der Waals surface area contributed by atoms with Crippen LogP contribution in [0.1, 0.15) is 25.1 Å². The Labute approximate surface area is 143 Å². The molecule has 0 fully saturated rings. The van der Waals surface area contributed by atoms with Crippen LogP contribution in [0.5, 0.6) is 0 Å². The van der Waals surface area contributed by atoms with E-state index in [1.165, 1.54) is 5.56 Å². The molecule has 4 heteroatoms. The van der Waals surface area contributed by atoms with Crippen molar-refractivity contribution in [2.24, 2.45) is 0 Å². The second-order valence-electron chi connectivity index (χ2n) is 5.79. The highest BCUT2D eigenvalue weighted by Gasteiger charge is 2.26. The Bertz CT molecular complexity index is 854. The largest absolute Gasteiger partial charge is 0.341 e. The molecule has 1 aromatic heterocycles. The molecular weight excluding hydrogens is 296 g/mol. The predicted octanol–water partition coefficient (Wildman–Crippen LogP) is 4.40. The number of aromatic nitrogens is 3. The lowest BCUT2D eigenvalue weighted by Gasteiger charge is -2.30. The van der Waals surface area contributed by atoms with Crippen molar-refractivity contribution >= 4 is 5.57 Å². The topological polar surface area (TPSA) is 34.0 Å². The van der Waals surface area contributed by atoms with Gasteiger partial charge in [0, 0.05) is 29.9 Å². The first-order valence-corrected chi connectivity index (χ1v) is 8.06. The van der Waals surface area contributed by atoms with E-state index in [9.17, 15) is 0 Å². The molecule has 0 saturated carbocycles. The highest BCUT2D eigenvalue weighted by molar-refractivity contribution is 5.85. The van der Waals surface area contributed by atoms with E-state index in [-0.39, 0.29) is 0 Å². The maximum absolute atomic E-state index is 4.46. The van der Waals surface area contributed by atoms with Gasteiger partial charge in [0.1, 0.15) is 5.69 Å². The SMILES string of the molecule is C=C/C1=C(\C=C)N(C(=C)C)Cc2ccccc2-c2nnn(CC)c21. The Morgan fingerprint density at radius 1 is 1.25 bits per heavy atom. The van der Waals surface area contributed by atoms with Gasteiger partial charge in [0.05, 0.1) is 11.4 Å². The zero-order valence-corrected chi connectivity index (χ0v) is 14.3. The van der Waals surface area contributed by atoms with Gasteiger partial charge < -0.3 is 4.90 Å². The van der Waals surface area contributed by atoms with Crippen LogP contribution in [-0.4, -0.2) is 19.9 Å². The lowest BCUT2D eigenvalue weighted by Crippen LogP contribution is -2.22. The minimum atomic E-state index is 0.711. The lowest BCUT2D eigenvalue weighted by molar-refractivity contribution is 0.437. The minimum Gasteiger partial charge on any atom is -0.341 e. The predicted molar refractivity (Wildman–Crippen MR) is 98.8 cm³/mol. The number of allylic oxidation sites excluding steroid dienone is 4. The molecule has 0 spiro atoms. The molecule has 2 aromatic rings. The van der Waals surface area contributed by atoms with Crippen molar-refractivity contribution in [3.63, 3.8) is 0 Å². The maximum atomic E-state index is 4.46. The van der Waals surface area contributed by atoms with Crippen molar-refractivity contribution in [1.29, 1.82) is 0 Å². The molecule has 0 radical (unpaired) electrons. The van der Waals surface area contributed by atoms with Gasteiger partial charge in [-0.15, -0.1) is 5.10 Å². The van der Waals surface area contributed by atoms with Crippen LogP contribution in [0.15, 0.2) is 67.5 Å². The van der Waals surface area contributed by atoms with Gasteiger partial charge in [-0.2, -0.15) is 0 Å². The molecule has 122 valence electrons. The van der Waals surface area contributed by atoms with Gasteiger partial charge in [-0.3, -0.25) is 0 Å². The van der Waals surface area contributed by atoms with Gasteiger partial charge in [0.15, 0.2) is 0 Å². The highest BCUT2D eigenvalue weighted by Crippen LogP contribution is 2.37. The van der Waals surface area contributed by atoms with Crippen LogP contribution in [-0.2, 0) is 13.1 Å². The van der Waals surface area contributed by atoms with E-state index in [0.29, 0.717) is 6.54 Å². The summed E-state index contributed by atoms with van der Waals surface area (Å²) in [6.07, 6.45) is 3.71. The first-order valence-electron chi connectivity index (χ1n) is 8.06. The molecule has 24 heavy (non-hydrogen) atoms. The van der Waals surface area contributed by atoms with Crippen molar-refractivity contribution in [2.75, 3.05) is 0 Å². The third-order valence-electron chi connectivity index (χ3n) is 4.32. The highest BCUT2D eigenvalue weighted by atomic mass is 15.4. The molecule has 0 saturated heterocycles. The van der Waals surface area contributed by atoms with E-state index in [1.807, 2.05) is 35.9 Å². The van der Waals surface area contributed by atoms with E-state index in [0.717, 1.165) is 40.5 Å². The summed E-state index contributed by atoms with van der Waals surface area (Å²) in [5, 5.41) is 8.81. The van der Waals surface area contributed by atoms with Gasteiger partial charge in [-0.05, 0) is 25.5 Å². The molecule has 2 heterocycles. The minimum absolute atomic E-state index is 0.711. The second-order valence-corrected chi connectivity index (χ2v) is 5.79. The van der Waals surface area contributed by atoms with E-state index >= 15 is 0 Å². The van der Waals surface area contributed by atoms with Crippen molar-refractivity contribution in [2.45, 2.75) is 26.9 Å². The average Bonchev–Trinajstić information content (AvgIpc) is 2.99. The van der Waals surface area contributed by atoms with Gasteiger partial charge >= 0.3 is 0 Å². The van der Waals surface area contributed by atoms with Crippen LogP contribution in [0.2, 0.25) is 0 Å². The monoisotopic (exact) mass is 318 g/mol. The third kappa shape index (κ3) is 2.40. The fourth-order valence-electron chi connectivity index (χ4n) is 3.16. The third-order valence-corrected chi connectivity index (χ3v) is 4.32. The molecule has 0 unspecified atom stereocenters. The molecule has 4 nitrogen and oxygen atoms in total. The summed E-state index contributed by atoms with van der Waals surface area (Å²) in [6, 6.07) is 8.30.